The molecule has 1 aromatic carbocycles. The Morgan fingerprint density at radius 1 is 1.21 bits per heavy atom. The maximum absolute atomic E-state index is 12.7. The zero-order valence-electron chi connectivity index (χ0n) is 16.3. The van der Waals surface area contributed by atoms with Crippen LogP contribution in [0.1, 0.15) is 36.5 Å². The number of ether oxygens (including phenoxy) is 1. The van der Waals surface area contributed by atoms with Crippen molar-refractivity contribution in [3.8, 4) is 5.75 Å². The molecule has 7 nitrogen and oxygen atoms in total. The number of sulfonamides is 1. The quantitative estimate of drug-likeness (QED) is 0.591. The van der Waals surface area contributed by atoms with E-state index in [1.807, 2.05) is 32.9 Å². The first-order valence-electron chi connectivity index (χ1n) is 9.19. The molecule has 2 heterocycles. The van der Waals surface area contributed by atoms with Crippen LogP contribution in [0.4, 0.5) is 0 Å². The van der Waals surface area contributed by atoms with Crippen molar-refractivity contribution >= 4 is 10.0 Å². The Bertz CT molecular complexity index is 993. The second-order valence-electron chi connectivity index (χ2n) is 6.57. The van der Waals surface area contributed by atoms with Crippen LogP contribution in [-0.4, -0.2) is 31.3 Å². The lowest BCUT2D eigenvalue weighted by molar-refractivity contribution is 0.317. The molecule has 1 atom stereocenters. The summed E-state index contributed by atoms with van der Waals surface area (Å²) in [6.45, 7) is 6.55. The van der Waals surface area contributed by atoms with Crippen LogP contribution in [-0.2, 0) is 10.0 Å². The first-order chi connectivity index (χ1) is 13.4. The second-order valence-corrected chi connectivity index (χ2v) is 8.34. The Hall–Kier alpha value is -2.58. The van der Waals surface area contributed by atoms with E-state index in [-0.39, 0.29) is 17.5 Å². The molecule has 0 saturated heterocycles. The van der Waals surface area contributed by atoms with Crippen LogP contribution in [0.2, 0.25) is 0 Å². The normalized spacial score (nSPS) is 12.8. The highest BCUT2D eigenvalue weighted by Gasteiger charge is 2.23. The van der Waals surface area contributed by atoms with Crippen molar-refractivity contribution in [3.05, 3.63) is 65.9 Å². The molecule has 0 bridgehead atoms. The standard InChI is InChI=1S/C20H25N3O4S/c1-4-11-26-17-7-9-18(10-8-17)28(24,25)21-14-19(20-6-5-12-27-20)23-16(3)13-15(2)22-23/h5-10,12-13,19,21H,4,11,14H2,1-3H3. The molecule has 0 fully saturated rings. The van der Waals surface area contributed by atoms with Crippen LogP contribution in [0, 0.1) is 13.8 Å². The number of benzene rings is 1. The Morgan fingerprint density at radius 2 is 1.96 bits per heavy atom. The topological polar surface area (TPSA) is 86.4 Å². The van der Waals surface area contributed by atoms with Gasteiger partial charge in [0.2, 0.25) is 10.0 Å². The fourth-order valence-electron chi connectivity index (χ4n) is 2.96. The number of hydrogen-bond donors (Lipinski definition) is 1. The summed E-state index contributed by atoms with van der Waals surface area (Å²) in [7, 11) is -3.69. The molecule has 28 heavy (non-hydrogen) atoms. The molecule has 3 rings (SSSR count). The highest BCUT2D eigenvalue weighted by Crippen LogP contribution is 2.22. The molecule has 0 saturated carbocycles. The molecule has 0 aliphatic rings. The van der Waals surface area contributed by atoms with E-state index in [2.05, 4.69) is 9.82 Å². The van der Waals surface area contributed by atoms with Gasteiger partial charge in [-0.3, -0.25) is 4.68 Å². The number of nitrogens with zero attached hydrogens (tertiary/aromatic N) is 2. The minimum Gasteiger partial charge on any atom is -0.494 e. The fourth-order valence-corrected chi connectivity index (χ4v) is 4.00. The van der Waals surface area contributed by atoms with Gasteiger partial charge in [0.1, 0.15) is 17.6 Å². The zero-order chi connectivity index (χ0) is 20.1. The number of aromatic nitrogens is 2. The highest BCUT2D eigenvalue weighted by molar-refractivity contribution is 7.89. The van der Waals surface area contributed by atoms with Crippen molar-refractivity contribution in [1.82, 2.24) is 14.5 Å². The van der Waals surface area contributed by atoms with E-state index in [9.17, 15) is 8.42 Å². The summed E-state index contributed by atoms with van der Waals surface area (Å²) < 4.78 is 41.0. The lowest BCUT2D eigenvalue weighted by atomic mass is 10.2. The summed E-state index contributed by atoms with van der Waals surface area (Å²) in [5.74, 6) is 1.29. The molecule has 8 heteroatoms. The van der Waals surface area contributed by atoms with Crippen LogP contribution in [0.5, 0.6) is 5.75 Å². The maximum Gasteiger partial charge on any atom is 0.240 e. The van der Waals surface area contributed by atoms with E-state index in [0.29, 0.717) is 18.1 Å². The molecule has 0 aliphatic carbocycles. The van der Waals surface area contributed by atoms with Crippen LogP contribution in [0.3, 0.4) is 0 Å². The van der Waals surface area contributed by atoms with Crippen molar-refractivity contribution in [2.45, 2.75) is 38.1 Å². The Morgan fingerprint density at radius 3 is 2.54 bits per heavy atom. The monoisotopic (exact) mass is 403 g/mol. The third kappa shape index (κ3) is 4.63. The van der Waals surface area contributed by atoms with Crippen molar-refractivity contribution < 1.29 is 17.6 Å². The minimum absolute atomic E-state index is 0.117. The molecular formula is C20H25N3O4S. The SMILES string of the molecule is CCCOc1ccc(S(=O)(=O)NCC(c2ccco2)n2nc(C)cc2C)cc1. The van der Waals surface area contributed by atoms with E-state index >= 15 is 0 Å². The van der Waals surface area contributed by atoms with Gasteiger partial charge >= 0.3 is 0 Å². The smallest absolute Gasteiger partial charge is 0.240 e. The van der Waals surface area contributed by atoms with Gasteiger partial charge in [-0.15, -0.1) is 0 Å². The van der Waals surface area contributed by atoms with E-state index in [0.717, 1.165) is 17.8 Å². The third-order valence-electron chi connectivity index (χ3n) is 4.29. The van der Waals surface area contributed by atoms with E-state index in [1.165, 1.54) is 0 Å². The van der Waals surface area contributed by atoms with Gasteiger partial charge in [0.25, 0.3) is 0 Å². The molecular weight excluding hydrogens is 378 g/mol. The first-order valence-corrected chi connectivity index (χ1v) is 10.7. The largest absolute Gasteiger partial charge is 0.494 e. The predicted octanol–water partition coefficient (Wildman–Crippen LogP) is 3.45. The van der Waals surface area contributed by atoms with Crippen molar-refractivity contribution in [3.63, 3.8) is 0 Å². The minimum atomic E-state index is -3.69. The van der Waals surface area contributed by atoms with E-state index < -0.39 is 10.0 Å². The zero-order valence-corrected chi connectivity index (χ0v) is 17.1. The third-order valence-corrected chi connectivity index (χ3v) is 5.72. The van der Waals surface area contributed by atoms with Crippen LogP contribution < -0.4 is 9.46 Å². The summed E-state index contributed by atoms with van der Waals surface area (Å²) in [6.07, 6.45) is 2.46. The van der Waals surface area contributed by atoms with Crippen molar-refractivity contribution in [1.29, 1.82) is 0 Å². The molecule has 3 aromatic rings. The van der Waals surface area contributed by atoms with Gasteiger partial charge < -0.3 is 9.15 Å². The van der Waals surface area contributed by atoms with Crippen LogP contribution in [0.25, 0.3) is 0 Å². The molecule has 0 aliphatic heterocycles. The average molecular weight is 404 g/mol. The predicted molar refractivity (Wildman–Crippen MR) is 106 cm³/mol. The number of hydrogen-bond acceptors (Lipinski definition) is 5. The molecule has 0 radical (unpaired) electrons. The Labute approximate surface area is 165 Å². The van der Waals surface area contributed by atoms with Gasteiger partial charge in [-0.25, -0.2) is 13.1 Å². The van der Waals surface area contributed by atoms with Gasteiger partial charge in [0.15, 0.2) is 0 Å². The van der Waals surface area contributed by atoms with Gasteiger partial charge in [-0.1, -0.05) is 6.92 Å². The summed E-state index contributed by atoms with van der Waals surface area (Å²) in [5.41, 5.74) is 1.79. The molecule has 2 aromatic heterocycles. The van der Waals surface area contributed by atoms with Crippen molar-refractivity contribution in [2.24, 2.45) is 0 Å². The molecule has 0 amide bonds. The van der Waals surface area contributed by atoms with Crippen LogP contribution in [0.15, 0.2) is 58.0 Å². The maximum atomic E-state index is 12.7. The van der Waals surface area contributed by atoms with Gasteiger partial charge in [0.05, 0.1) is 23.5 Å². The van der Waals surface area contributed by atoms with Gasteiger partial charge in [0, 0.05) is 12.2 Å². The summed E-state index contributed by atoms with van der Waals surface area (Å²) in [5, 5.41) is 4.49. The molecule has 150 valence electrons. The van der Waals surface area contributed by atoms with Crippen molar-refractivity contribution in [2.75, 3.05) is 13.2 Å². The molecule has 1 N–H and O–H groups in total. The Kier molecular flexibility index (Phi) is 6.21. The summed E-state index contributed by atoms with van der Waals surface area (Å²) in [6, 6.07) is 11.6. The second kappa shape index (κ2) is 8.62. The van der Waals surface area contributed by atoms with Crippen LogP contribution >= 0.6 is 0 Å². The number of aryl methyl sites for hydroxylation is 2. The molecule has 0 spiro atoms. The lowest BCUT2D eigenvalue weighted by Gasteiger charge is -2.18. The fraction of sp³-hybridized carbons (Fsp3) is 0.350. The number of nitrogens with one attached hydrogen (secondary N) is 1. The number of rotatable bonds is 9. The Balaban J connectivity index is 1.78. The van der Waals surface area contributed by atoms with E-state index in [4.69, 9.17) is 9.15 Å². The first kappa shape index (κ1) is 20.2. The summed E-state index contributed by atoms with van der Waals surface area (Å²) in [4.78, 5) is 0.183. The summed E-state index contributed by atoms with van der Waals surface area (Å²) >= 11 is 0. The van der Waals surface area contributed by atoms with E-state index in [1.54, 1.807) is 41.3 Å². The molecule has 1 unspecified atom stereocenters. The van der Waals surface area contributed by atoms with Gasteiger partial charge in [-0.05, 0) is 62.7 Å². The lowest BCUT2D eigenvalue weighted by Crippen LogP contribution is -2.32. The number of furan rings is 1. The highest BCUT2D eigenvalue weighted by atomic mass is 32.2. The average Bonchev–Trinajstić information content (AvgIpc) is 3.31. The van der Waals surface area contributed by atoms with Gasteiger partial charge in [-0.2, -0.15) is 5.10 Å².